The first-order chi connectivity index (χ1) is 17.7. The van der Waals surface area contributed by atoms with E-state index in [4.69, 9.17) is 0 Å². The van der Waals surface area contributed by atoms with Crippen molar-refractivity contribution >= 4 is 22.7 Å². The monoisotopic (exact) mass is 506 g/mol. The standard InChI is InChI=1S/C30H39FN4O2/c1-30(2,3)27(29(37)32-19-11-16-21-12-6-4-7-13-21)33-28(36)25-23-17-10-18-24(31)26(23)35(34-25)20-22-14-8-5-9-15-22/h4,6-7,10,12-13,17-18,22,27H,5,8-9,11,14-16,19-20H2,1-3H3,(H,32,37)(H,33,36). The van der Waals surface area contributed by atoms with Gasteiger partial charge >= 0.3 is 0 Å². The lowest BCUT2D eigenvalue weighted by atomic mass is 9.86. The first-order valence-corrected chi connectivity index (χ1v) is 13.5. The van der Waals surface area contributed by atoms with Crippen molar-refractivity contribution in [2.75, 3.05) is 6.54 Å². The second kappa shape index (κ2) is 11.9. The molecule has 1 fully saturated rings. The summed E-state index contributed by atoms with van der Waals surface area (Å²) in [4.78, 5) is 26.6. The van der Waals surface area contributed by atoms with E-state index in [1.165, 1.54) is 30.9 Å². The summed E-state index contributed by atoms with van der Waals surface area (Å²) in [5.41, 5.74) is 1.22. The molecule has 1 saturated carbocycles. The van der Waals surface area contributed by atoms with E-state index in [0.29, 0.717) is 29.9 Å². The molecule has 0 saturated heterocycles. The van der Waals surface area contributed by atoms with Crippen LogP contribution in [-0.4, -0.2) is 34.2 Å². The zero-order valence-corrected chi connectivity index (χ0v) is 22.2. The molecule has 1 aromatic heterocycles. The van der Waals surface area contributed by atoms with Crippen LogP contribution in [0.5, 0.6) is 0 Å². The normalized spacial score (nSPS) is 15.5. The summed E-state index contributed by atoms with van der Waals surface area (Å²) in [5, 5.41) is 11.0. The number of aryl methyl sites for hydroxylation is 1. The van der Waals surface area contributed by atoms with Crippen LogP contribution in [0.1, 0.15) is 75.3 Å². The topological polar surface area (TPSA) is 76.0 Å². The van der Waals surface area contributed by atoms with Crippen molar-refractivity contribution in [3.63, 3.8) is 0 Å². The maximum Gasteiger partial charge on any atom is 0.273 e. The number of carbonyl (C=O) groups excluding carboxylic acids is 2. The van der Waals surface area contributed by atoms with Crippen molar-refractivity contribution in [2.24, 2.45) is 11.3 Å². The molecule has 1 aliphatic carbocycles. The largest absolute Gasteiger partial charge is 0.354 e. The summed E-state index contributed by atoms with van der Waals surface area (Å²) in [6.45, 7) is 6.86. The molecule has 2 aromatic carbocycles. The zero-order chi connectivity index (χ0) is 26.4. The van der Waals surface area contributed by atoms with E-state index in [0.717, 1.165) is 25.7 Å². The lowest BCUT2D eigenvalue weighted by molar-refractivity contribution is -0.125. The highest BCUT2D eigenvalue weighted by molar-refractivity contribution is 6.06. The van der Waals surface area contributed by atoms with Crippen LogP contribution in [0.2, 0.25) is 0 Å². The van der Waals surface area contributed by atoms with Crippen LogP contribution in [-0.2, 0) is 17.8 Å². The van der Waals surface area contributed by atoms with Gasteiger partial charge in [0.05, 0.1) is 0 Å². The third-order valence-corrected chi connectivity index (χ3v) is 7.28. The van der Waals surface area contributed by atoms with Gasteiger partial charge in [-0.3, -0.25) is 14.3 Å². The highest BCUT2D eigenvalue weighted by Crippen LogP contribution is 2.29. The van der Waals surface area contributed by atoms with Crippen LogP contribution in [0, 0.1) is 17.2 Å². The highest BCUT2D eigenvalue weighted by Gasteiger charge is 2.34. The number of hydrogen-bond acceptors (Lipinski definition) is 3. The molecule has 37 heavy (non-hydrogen) atoms. The van der Waals surface area contributed by atoms with E-state index in [1.54, 1.807) is 16.8 Å². The molecule has 4 rings (SSSR count). The molecule has 1 atom stereocenters. The smallest absolute Gasteiger partial charge is 0.273 e. The second-order valence-corrected chi connectivity index (χ2v) is 11.3. The van der Waals surface area contributed by atoms with E-state index in [1.807, 2.05) is 39.0 Å². The fraction of sp³-hybridized carbons (Fsp3) is 0.500. The number of para-hydroxylation sites is 1. The summed E-state index contributed by atoms with van der Waals surface area (Å²) < 4.78 is 16.6. The Morgan fingerprint density at radius 1 is 1.05 bits per heavy atom. The molecule has 0 radical (unpaired) electrons. The van der Waals surface area contributed by atoms with Crippen LogP contribution in [0.15, 0.2) is 48.5 Å². The number of nitrogens with zero attached hydrogens (tertiary/aromatic N) is 2. The summed E-state index contributed by atoms with van der Waals surface area (Å²) in [5.74, 6) is -0.650. The Kier molecular flexibility index (Phi) is 8.62. The van der Waals surface area contributed by atoms with Crippen LogP contribution in [0.25, 0.3) is 10.9 Å². The number of rotatable bonds is 9. The van der Waals surface area contributed by atoms with Crippen molar-refractivity contribution in [2.45, 2.75) is 78.3 Å². The Hall–Kier alpha value is -3.22. The van der Waals surface area contributed by atoms with Gasteiger partial charge in [0.1, 0.15) is 17.4 Å². The number of halogens is 1. The minimum atomic E-state index is -0.760. The van der Waals surface area contributed by atoms with Crippen molar-refractivity contribution in [1.29, 1.82) is 0 Å². The minimum Gasteiger partial charge on any atom is -0.354 e. The number of carbonyl (C=O) groups is 2. The summed E-state index contributed by atoms with van der Waals surface area (Å²) >= 11 is 0. The minimum absolute atomic E-state index is 0.163. The molecule has 198 valence electrons. The first-order valence-electron chi connectivity index (χ1n) is 13.5. The van der Waals surface area contributed by atoms with Crippen molar-refractivity contribution < 1.29 is 14.0 Å². The average Bonchev–Trinajstić information content (AvgIpc) is 3.25. The number of benzene rings is 2. The fourth-order valence-electron chi connectivity index (χ4n) is 5.23. The van der Waals surface area contributed by atoms with E-state index in [2.05, 4.69) is 27.9 Å². The molecule has 2 N–H and O–H groups in total. The van der Waals surface area contributed by atoms with Gasteiger partial charge in [-0.25, -0.2) is 4.39 Å². The molecule has 1 aliphatic rings. The van der Waals surface area contributed by atoms with E-state index >= 15 is 0 Å². The molecule has 0 aliphatic heterocycles. The van der Waals surface area contributed by atoms with Crippen molar-refractivity contribution in [3.05, 3.63) is 65.6 Å². The number of amides is 2. The van der Waals surface area contributed by atoms with E-state index in [-0.39, 0.29) is 17.4 Å². The lowest BCUT2D eigenvalue weighted by Gasteiger charge is -2.30. The van der Waals surface area contributed by atoms with Gasteiger partial charge in [0.25, 0.3) is 5.91 Å². The van der Waals surface area contributed by atoms with Gasteiger partial charge in [0, 0.05) is 18.5 Å². The molecule has 2 amide bonds. The predicted octanol–water partition coefficient (Wildman–Crippen LogP) is 5.65. The fourth-order valence-corrected chi connectivity index (χ4v) is 5.23. The Labute approximate surface area is 219 Å². The molecule has 0 bridgehead atoms. The molecule has 7 heteroatoms. The third-order valence-electron chi connectivity index (χ3n) is 7.28. The Balaban J connectivity index is 1.47. The third kappa shape index (κ3) is 6.76. The lowest BCUT2D eigenvalue weighted by Crippen LogP contribution is -2.53. The molecule has 1 unspecified atom stereocenters. The Morgan fingerprint density at radius 3 is 2.49 bits per heavy atom. The van der Waals surface area contributed by atoms with E-state index < -0.39 is 17.4 Å². The maximum atomic E-state index is 14.9. The molecule has 3 aromatic rings. The van der Waals surface area contributed by atoms with Crippen LogP contribution in [0.3, 0.4) is 0 Å². The first kappa shape index (κ1) is 26.8. The molecule has 1 heterocycles. The average molecular weight is 507 g/mol. The summed E-state index contributed by atoms with van der Waals surface area (Å²) in [7, 11) is 0. The second-order valence-electron chi connectivity index (χ2n) is 11.3. The highest BCUT2D eigenvalue weighted by atomic mass is 19.1. The maximum absolute atomic E-state index is 14.9. The van der Waals surface area contributed by atoms with Gasteiger partial charge in [-0.1, -0.05) is 82.5 Å². The number of nitrogens with one attached hydrogen (secondary N) is 2. The summed E-state index contributed by atoms with van der Waals surface area (Å²) in [6.07, 6.45) is 7.43. The van der Waals surface area contributed by atoms with Crippen molar-refractivity contribution in [3.8, 4) is 0 Å². The van der Waals surface area contributed by atoms with Gasteiger partial charge in [0.2, 0.25) is 5.91 Å². The van der Waals surface area contributed by atoms with Crippen LogP contribution >= 0.6 is 0 Å². The quantitative estimate of drug-likeness (QED) is 0.368. The van der Waals surface area contributed by atoms with Gasteiger partial charge in [0.15, 0.2) is 5.69 Å². The SMILES string of the molecule is CC(C)(C)C(NC(=O)c1nn(CC2CCCCC2)c2c(F)cccc12)C(=O)NCCCc1ccccc1. The van der Waals surface area contributed by atoms with Gasteiger partial charge in [-0.05, 0) is 48.6 Å². The van der Waals surface area contributed by atoms with Gasteiger partial charge in [-0.2, -0.15) is 5.10 Å². The van der Waals surface area contributed by atoms with Crippen molar-refractivity contribution in [1.82, 2.24) is 20.4 Å². The van der Waals surface area contributed by atoms with Crippen LogP contribution in [0.4, 0.5) is 4.39 Å². The summed E-state index contributed by atoms with van der Waals surface area (Å²) in [6, 6.07) is 14.1. The molecular formula is C30H39FN4O2. The van der Waals surface area contributed by atoms with Crippen LogP contribution < -0.4 is 10.6 Å². The molecule has 0 spiro atoms. The number of fused-ring (bicyclic) bond motifs is 1. The molecular weight excluding hydrogens is 467 g/mol. The zero-order valence-electron chi connectivity index (χ0n) is 22.2. The van der Waals surface area contributed by atoms with Gasteiger partial charge in [-0.15, -0.1) is 0 Å². The predicted molar refractivity (Wildman–Crippen MR) is 145 cm³/mol. The number of hydrogen-bond donors (Lipinski definition) is 2. The van der Waals surface area contributed by atoms with Gasteiger partial charge < -0.3 is 10.6 Å². The Morgan fingerprint density at radius 2 is 1.78 bits per heavy atom. The molecule has 6 nitrogen and oxygen atoms in total. The number of aromatic nitrogens is 2. The Bertz CT molecular complexity index is 1210. The van der Waals surface area contributed by atoms with E-state index in [9.17, 15) is 14.0 Å².